The smallest absolute Gasteiger partial charge is 0.338 e. The van der Waals surface area contributed by atoms with Crippen LogP contribution in [0.15, 0.2) is 30.3 Å². The third kappa shape index (κ3) is 4.07. The number of methoxy groups -OCH3 is 1. The number of ether oxygens (including phenoxy) is 4. The first-order valence-electron chi connectivity index (χ1n) is 7.15. The molecule has 4 atom stereocenters. The molecule has 0 amide bonds. The molecule has 0 saturated carbocycles. The van der Waals surface area contributed by atoms with Gasteiger partial charge in [0.1, 0.15) is 5.60 Å². The van der Waals surface area contributed by atoms with E-state index in [0.29, 0.717) is 5.56 Å². The molecule has 1 saturated heterocycles. The Morgan fingerprint density at radius 2 is 1.91 bits per heavy atom. The van der Waals surface area contributed by atoms with Gasteiger partial charge >= 0.3 is 11.9 Å². The molecule has 1 aliphatic rings. The van der Waals surface area contributed by atoms with Gasteiger partial charge in [-0.15, -0.1) is 0 Å². The Balaban J connectivity index is 2.24. The lowest BCUT2D eigenvalue weighted by molar-refractivity contribution is -0.290. The zero-order valence-electron chi connectivity index (χ0n) is 13.2. The Morgan fingerprint density at radius 3 is 2.48 bits per heavy atom. The van der Waals surface area contributed by atoms with Crippen LogP contribution in [0, 0.1) is 0 Å². The highest BCUT2D eigenvalue weighted by molar-refractivity contribution is 5.89. The quantitative estimate of drug-likeness (QED) is 0.823. The molecule has 1 heterocycles. The Hall–Kier alpha value is -1.96. The molecular formula is C16H20O7. The van der Waals surface area contributed by atoms with Crippen molar-refractivity contribution in [3.63, 3.8) is 0 Å². The van der Waals surface area contributed by atoms with E-state index in [2.05, 4.69) is 0 Å². The molecule has 0 spiro atoms. The van der Waals surface area contributed by atoms with Crippen LogP contribution in [0.25, 0.3) is 0 Å². The van der Waals surface area contributed by atoms with E-state index in [9.17, 15) is 14.7 Å². The molecule has 2 rings (SSSR count). The molecule has 0 aliphatic carbocycles. The van der Waals surface area contributed by atoms with Gasteiger partial charge in [-0.1, -0.05) is 18.2 Å². The highest BCUT2D eigenvalue weighted by Gasteiger charge is 2.51. The van der Waals surface area contributed by atoms with Crippen LogP contribution in [0.3, 0.4) is 0 Å². The summed E-state index contributed by atoms with van der Waals surface area (Å²) in [6.07, 6.45) is -3.15. The summed E-state index contributed by atoms with van der Waals surface area (Å²) >= 11 is 0. The van der Waals surface area contributed by atoms with Crippen molar-refractivity contribution in [3.8, 4) is 0 Å². The van der Waals surface area contributed by atoms with E-state index in [1.807, 2.05) is 0 Å². The summed E-state index contributed by atoms with van der Waals surface area (Å²) in [7, 11) is 1.37. The van der Waals surface area contributed by atoms with Crippen molar-refractivity contribution >= 4 is 11.9 Å². The van der Waals surface area contributed by atoms with Gasteiger partial charge in [-0.25, -0.2) is 4.79 Å². The predicted molar refractivity (Wildman–Crippen MR) is 78.6 cm³/mol. The summed E-state index contributed by atoms with van der Waals surface area (Å²) in [4.78, 5) is 23.6. The minimum atomic E-state index is -1.51. The minimum absolute atomic E-state index is 0.122. The fraction of sp³-hybridized carbons (Fsp3) is 0.500. The average molecular weight is 324 g/mol. The highest BCUT2D eigenvalue weighted by atomic mass is 16.7. The van der Waals surface area contributed by atoms with E-state index >= 15 is 0 Å². The lowest BCUT2D eigenvalue weighted by atomic mass is 9.92. The number of carbonyl (C=O) groups excluding carboxylic acids is 2. The number of rotatable bonds is 4. The Morgan fingerprint density at radius 1 is 1.26 bits per heavy atom. The van der Waals surface area contributed by atoms with E-state index in [0.717, 1.165) is 0 Å². The summed E-state index contributed by atoms with van der Waals surface area (Å²) in [5.41, 5.74) is -1.18. The minimum Gasteiger partial charge on any atom is -0.455 e. The van der Waals surface area contributed by atoms with Crippen molar-refractivity contribution < 1.29 is 33.6 Å². The van der Waals surface area contributed by atoms with Crippen molar-refractivity contribution in [1.82, 2.24) is 0 Å². The predicted octanol–water partition coefficient (Wildman–Crippen LogP) is 0.897. The van der Waals surface area contributed by atoms with Crippen LogP contribution >= 0.6 is 0 Å². The molecule has 0 bridgehead atoms. The van der Waals surface area contributed by atoms with Crippen molar-refractivity contribution in [3.05, 3.63) is 35.9 Å². The second-order valence-electron chi connectivity index (χ2n) is 5.54. The van der Waals surface area contributed by atoms with Gasteiger partial charge in [0.15, 0.2) is 18.5 Å². The molecule has 23 heavy (non-hydrogen) atoms. The standard InChI is InChI=1S/C16H20O7/c1-10(17)22-13-12(15(20-3)21-9-16(13,2)19)23-14(18)11-7-5-4-6-8-11/h4-8,12-13,15,19H,9H2,1-3H3. The molecule has 126 valence electrons. The molecule has 4 unspecified atom stereocenters. The molecule has 1 aliphatic heterocycles. The Labute approximate surface area is 134 Å². The Kier molecular flexibility index (Phi) is 5.35. The topological polar surface area (TPSA) is 91.3 Å². The van der Waals surface area contributed by atoms with E-state index < -0.39 is 36.0 Å². The summed E-state index contributed by atoms with van der Waals surface area (Å²) in [5, 5.41) is 10.4. The fourth-order valence-electron chi connectivity index (χ4n) is 2.38. The van der Waals surface area contributed by atoms with Crippen LogP contribution in [0.5, 0.6) is 0 Å². The van der Waals surface area contributed by atoms with Crippen LogP contribution in [0.4, 0.5) is 0 Å². The van der Waals surface area contributed by atoms with Gasteiger partial charge in [0.2, 0.25) is 0 Å². The Bertz CT molecular complexity index is 555. The average Bonchev–Trinajstić information content (AvgIpc) is 2.51. The maximum atomic E-state index is 12.3. The third-order valence-corrected chi connectivity index (χ3v) is 3.50. The molecule has 7 nitrogen and oxygen atoms in total. The molecule has 0 radical (unpaired) electrons. The van der Waals surface area contributed by atoms with Gasteiger partial charge in [-0.05, 0) is 19.1 Å². The van der Waals surface area contributed by atoms with Crippen LogP contribution < -0.4 is 0 Å². The second-order valence-corrected chi connectivity index (χ2v) is 5.54. The summed E-state index contributed by atoms with van der Waals surface area (Å²) in [5.74, 6) is -1.23. The van der Waals surface area contributed by atoms with E-state index in [4.69, 9.17) is 18.9 Å². The monoisotopic (exact) mass is 324 g/mol. The summed E-state index contributed by atoms with van der Waals surface area (Å²) < 4.78 is 21.1. The molecule has 1 aromatic carbocycles. The number of hydrogen-bond acceptors (Lipinski definition) is 7. The van der Waals surface area contributed by atoms with Gasteiger partial charge in [0.25, 0.3) is 0 Å². The van der Waals surface area contributed by atoms with Crippen LogP contribution in [0.2, 0.25) is 0 Å². The highest BCUT2D eigenvalue weighted by Crippen LogP contribution is 2.30. The van der Waals surface area contributed by atoms with Gasteiger partial charge < -0.3 is 24.1 Å². The molecule has 1 fully saturated rings. The molecule has 0 aromatic heterocycles. The zero-order chi connectivity index (χ0) is 17.0. The van der Waals surface area contributed by atoms with Gasteiger partial charge in [-0.2, -0.15) is 0 Å². The number of esters is 2. The first kappa shape index (κ1) is 17.4. The summed E-state index contributed by atoms with van der Waals surface area (Å²) in [6.45, 7) is 2.53. The fourth-order valence-corrected chi connectivity index (χ4v) is 2.38. The van der Waals surface area contributed by atoms with Crippen molar-refractivity contribution in [1.29, 1.82) is 0 Å². The third-order valence-electron chi connectivity index (χ3n) is 3.50. The van der Waals surface area contributed by atoms with Crippen LogP contribution in [-0.4, -0.2) is 54.9 Å². The van der Waals surface area contributed by atoms with Crippen molar-refractivity contribution in [2.75, 3.05) is 13.7 Å². The van der Waals surface area contributed by atoms with Gasteiger partial charge in [0.05, 0.1) is 12.2 Å². The van der Waals surface area contributed by atoms with E-state index in [1.165, 1.54) is 21.0 Å². The SMILES string of the molecule is COC1OCC(C)(O)C(OC(C)=O)C1OC(=O)c1ccccc1. The molecule has 1 N–H and O–H groups in total. The number of benzene rings is 1. The number of aliphatic hydroxyl groups is 1. The lowest BCUT2D eigenvalue weighted by Crippen LogP contribution is -2.62. The molecule has 1 aromatic rings. The molecular weight excluding hydrogens is 304 g/mol. The van der Waals surface area contributed by atoms with Crippen molar-refractivity contribution in [2.45, 2.75) is 37.9 Å². The van der Waals surface area contributed by atoms with Crippen LogP contribution in [0.1, 0.15) is 24.2 Å². The zero-order valence-corrected chi connectivity index (χ0v) is 13.2. The van der Waals surface area contributed by atoms with Crippen molar-refractivity contribution in [2.24, 2.45) is 0 Å². The lowest BCUT2D eigenvalue weighted by Gasteiger charge is -2.43. The largest absolute Gasteiger partial charge is 0.455 e. The van der Waals surface area contributed by atoms with E-state index in [1.54, 1.807) is 30.3 Å². The normalized spacial score (nSPS) is 30.5. The summed E-state index contributed by atoms with van der Waals surface area (Å²) in [6, 6.07) is 8.34. The number of hydrogen-bond donors (Lipinski definition) is 1. The maximum Gasteiger partial charge on any atom is 0.338 e. The van der Waals surface area contributed by atoms with Gasteiger partial charge in [-0.3, -0.25) is 4.79 Å². The van der Waals surface area contributed by atoms with Gasteiger partial charge in [0, 0.05) is 14.0 Å². The first-order chi connectivity index (χ1) is 10.8. The first-order valence-corrected chi connectivity index (χ1v) is 7.15. The second kappa shape index (κ2) is 7.08. The molecule has 7 heteroatoms. The van der Waals surface area contributed by atoms with Crippen LogP contribution in [-0.2, 0) is 23.7 Å². The maximum absolute atomic E-state index is 12.3. The van der Waals surface area contributed by atoms with E-state index in [-0.39, 0.29) is 6.61 Å². The number of carbonyl (C=O) groups is 2.